The minimum absolute atomic E-state index is 0.343. The van der Waals surface area contributed by atoms with Crippen LogP contribution in [0, 0.1) is 0 Å². The second kappa shape index (κ2) is 7.07. The Hall–Kier alpha value is -0.470. The van der Waals surface area contributed by atoms with E-state index in [-0.39, 0.29) is 0 Å². The summed E-state index contributed by atoms with van der Waals surface area (Å²) in [7, 11) is 0. The monoisotopic (exact) mass is 250 g/mol. The van der Waals surface area contributed by atoms with Crippen molar-refractivity contribution in [1.82, 2.24) is 0 Å². The molecule has 0 radical (unpaired) electrons. The minimum atomic E-state index is 0.343. The Balaban J connectivity index is 1.82. The molecule has 0 bridgehead atoms. The van der Waals surface area contributed by atoms with Gasteiger partial charge >= 0.3 is 0 Å². The van der Waals surface area contributed by atoms with Crippen LogP contribution >= 0.6 is 12.6 Å². The fraction of sp³-hybridized carbons (Fsp3) is 0.600. The largest absolute Gasteiger partial charge is 0.374 e. The molecule has 0 aliphatic heterocycles. The Labute approximate surface area is 110 Å². The second-order valence-electron chi connectivity index (χ2n) is 4.73. The summed E-state index contributed by atoms with van der Waals surface area (Å²) in [6.07, 6.45) is 7.61. The van der Waals surface area contributed by atoms with Crippen molar-refractivity contribution in [2.24, 2.45) is 0 Å². The molecule has 1 nitrogen and oxygen atoms in total. The predicted molar refractivity (Wildman–Crippen MR) is 75.8 cm³/mol. The van der Waals surface area contributed by atoms with E-state index in [4.69, 9.17) is 4.74 Å². The number of hydrogen-bond donors (Lipinski definition) is 1. The molecular formula is C15H22OS. The molecule has 1 aliphatic rings. The summed E-state index contributed by atoms with van der Waals surface area (Å²) in [5, 5.41) is 0. The third kappa shape index (κ3) is 3.75. The summed E-state index contributed by atoms with van der Waals surface area (Å²) in [4.78, 5) is 0. The van der Waals surface area contributed by atoms with Gasteiger partial charge in [0, 0.05) is 6.61 Å². The van der Waals surface area contributed by atoms with Gasteiger partial charge in [0.2, 0.25) is 0 Å². The van der Waals surface area contributed by atoms with Crippen molar-refractivity contribution in [2.45, 2.75) is 44.6 Å². The molecule has 0 heterocycles. The van der Waals surface area contributed by atoms with Crippen molar-refractivity contribution in [2.75, 3.05) is 12.4 Å². The average Bonchev–Trinajstić information content (AvgIpc) is 2.39. The van der Waals surface area contributed by atoms with Crippen molar-refractivity contribution >= 4 is 12.6 Å². The smallest absolute Gasteiger partial charge is 0.0827 e. The van der Waals surface area contributed by atoms with Crippen LogP contribution in [0.2, 0.25) is 0 Å². The van der Waals surface area contributed by atoms with Gasteiger partial charge in [-0.15, -0.1) is 0 Å². The van der Waals surface area contributed by atoms with Crippen LogP contribution < -0.4 is 0 Å². The van der Waals surface area contributed by atoms with E-state index in [0.717, 1.165) is 12.4 Å². The van der Waals surface area contributed by atoms with Crippen molar-refractivity contribution in [3.05, 3.63) is 35.4 Å². The van der Waals surface area contributed by atoms with E-state index in [9.17, 15) is 0 Å². The van der Waals surface area contributed by atoms with E-state index in [1.165, 1.54) is 49.7 Å². The Kier molecular flexibility index (Phi) is 5.40. The Bertz CT molecular complexity index is 337. The van der Waals surface area contributed by atoms with E-state index in [2.05, 4.69) is 36.9 Å². The molecule has 0 saturated heterocycles. The number of rotatable bonds is 6. The number of unbranched alkanes of at least 4 members (excludes halogenated alkanes) is 2. The average molecular weight is 250 g/mol. The second-order valence-corrected chi connectivity index (χ2v) is 5.18. The molecule has 0 N–H and O–H groups in total. The van der Waals surface area contributed by atoms with Crippen molar-refractivity contribution in [3.8, 4) is 0 Å². The van der Waals surface area contributed by atoms with Gasteiger partial charge in [-0.25, -0.2) is 0 Å². The Morgan fingerprint density at radius 3 is 2.94 bits per heavy atom. The van der Waals surface area contributed by atoms with E-state index < -0.39 is 0 Å². The number of thiol groups is 1. The third-order valence-electron chi connectivity index (χ3n) is 3.44. The molecular weight excluding hydrogens is 228 g/mol. The Morgan fingerprint density at radius 1 is 1.18 bits per heavy atom. The lowest BCUT2D eigenvalue weighted by Gasteiger charge is -2.25. The quantitative estimate of drug-likeness (QED) is 0.588. The maximum Gasteiger partial charge on any atom is 0.0827 e. The summed E-state index contributed by atoms with van der Waals surface area (Å²) in [5.74, 6) is 0.992. The molecule has 1 unspecified atom stereocenters. The van der Waals surface area contributed by atoms with Gasteiger partial charge < -0.3 is 4.74 Å². The molecule has 0 aromatic heterocycles. The molecule has 0 fully saturated rings. The maximum absolute atomic E-state index is 6.03. The van der Waals surface area contributed by atoms with Crippen LogP contribution in [-0.2, 0) is 11.2 Å². The standard InChI is InChI=1S/C15H22OS/c17-12-5-1-4-11-16-15-10-6-8-13-7-2-3-9-14(13)15/h2-3,7,9,15,17H,1,4-6,8,10-12H2. The Morgan fingerprint density at radius 2 is 2.06 bits per heavy atom. The summed E-state index contributed by atoms with van der Waals surface area (Å²) < 4.78 is 6.03. The highest BCUT2D eigenvalue weighted by atomic mass is 32.1. The fourth-order valence-corrected chi connectivity index (χ4v) is 2.72. The van der Waals surface area contributed by atoms with Gasteiger partial charge in [0.25, 0.3) is 0 Å². The molecule has 1 aromatic carbocycles. The molecule has 17 heavy (non-hydrogen) atoms. The van der Waals surface area contributed by atoms with Gasteiger partial charge in [-0.1, -0.05) is 30.7 Å². The zero-order valence-electron chi connectivity index (χ0n) is 10.4. The molecule has 2 rings (SSSR count). The molecule has 1 aliphatic carbocycles. The first-order valence-electron chi connectivity index (χ1n) is 6.72. The molecule has 1 atom stereocenters. The zero-order chi connectivity index (χ0) is 11.9. The third-order valence-corrected chi connectivity index (χ3v) is 3.75. The first-order chi connectivity index (χ1) is 8.42. The normalized spacial score (nSPS) is 19.0. The van der Waals surface area contributed by atoms with Gasteiger partial charge in [0.15, 0.2) is 0 Å². The van der Waals surface area contributed by atoms with Crippen LogP contribution in [0.1, 0.15) is 49.3 Å². The first-order valence-corrected chi connectivity index (χ1v) is 7.35. The van der Waals surface area contributed by atoms with Crippen LogP contribution in [0.4, 0.5) is 0 Å². The van der Waals surface area contributed by atoms with Gasteiger partial charge in [-0.2, -0.15) is 12.6 Å². The molecule has 2 heteroatoms. The summed E-state index contributed by atoms with van der Waals surface area (Å²) in [5.41, 5.74) is 2.91. The van der Waals surface area contributed by atoms with Crippen LogP contribution in [0.3, 0.4) is 0 Å². The summed E-state index contributed by atoms with van der Waals surface area (Å²) in [6, 6.07) is 8.73. The topological polar surface area (TPSA) is 9.23 Å². The number of fused-ring (bicyclic) bond motifs is 1. The van der Waals surface area contributed by atoms with Gasteiger partial charge in [0.1, 0.15) is 0 Å². The van der Waals surface area contributed by atoms with Crippen molar-refractivity contribution < 1.29 is 4.74 Å². The summed E-state index contributed by atoms with van der Waals surface area (Å²) >= 11 is 4.22. The SMILES string of the molecule is SCCCCCOC1CCCc2ccccc21. The van der Waals surface area contributed by atoms with Crippen LogP contribution in [-0.4, -0.2) is 12.4 Å². The fourth-order valence-electron chi connectivity index (χ4n) is 2.50. The van der Waals surface area contributed by atoms with Gasteiger partial charge in [-0.05, 0) is 49.0 Å². The lowest BCUT2D eigenvalue weighted by molar-refractivity contribution is 0.0384. The van der Waals surface area contributed by atoms with Crippen LogP contribution in [0.15, 0.2) is 24.3 Å². The molecule has 1 aromatic rings. The van der Waals surface area contributed by atoms with Crippen LogP contribution in [0.5, 0.6) is 0 Å². The predicted octanol–water partition coefficient (Wildman–Crippen LogP) is 4.18. The summed E-state index contributed by atoms with van der Waals surface area (Å²) in [6.45, 7) is 0.896. The lowest BCUT2D eigenvalue weighted by atomic mass is 9.89. The highest BCUT2D eigenvalue weighted by molar-refractivity contribution is 7.80. The minimum Gasteiger partial charge on any atom is -0.374 e. The number of benzene rings is 1. The van der Waals surface area contributed by atoms with E-state index >= 15 is 0 Å². The number of ether oxygens (including phenoxy) is 1. The van der Waals surface area contributed by atoms with E-state index in [0.29, 0.717) is 6.10 Å². The number of hydrogen-bond acceptors (Lipinski definition) is 2. The number of aryl methyl sites for hydroxylation is 1. The van der Waals surface area contributed by atoms with E-state index in [1.54, 1.807) is 0 Å². The highest BCUT2D eigenvalue weighted by Crippen LogP contribution is 2.32. The van der Waals surface area contributed by atoms with E-state index in [1.807, 2.05) is 0 Å². The molecule has 0 amide bonds. The van der Waals surface area contributed by atoms with Crippen molar-refractivity contribution in [1.29, 1.82) is 0 Å². The van der Waals surface area contributed by atoms with Crippen molar-refractivity contribution in [3.63, 3.8) is 0 Å². The van der Waals surface area contributed by atoms with Gasteiger partial charge in [0.05, 0.1) is 6.10 Å². The first kappa shape index (κ1) is 13.0. The zero-order valence-corrected chi connectivity index (χ0v) is 11.3. The van der Waals surface area contributed by atoms with Gasteiger partial charge in [-0.3, -0.25) is 0 Å². The molecule has 94 valence electrons. The molecule has 0 spiro atoms. The molecule has 0 saturated carbocycles. The highest BCUT2D eigenvalue weighted by Gasteiger charge is 2.19. The maximum atomic E-state index is 6.03. The lowest BCUT2D eigenvalue weighted by Crippen LogP contribution is -2.13. The van der Waals surface area contributed by atoms with Crippen LogP contribution in [0.25, 0.3) is 0 Å².